The number of sulfonamides is 1. The van der Waals surface area contributed by atoms with Gasteiger partial charge in [-0.3, -0.25) is 0 Å². The summed E-state index contributed by atoms with van der Waals surface area (Å²) in [4.78, 5) is 0.891. The van der Waals surface area contributed by atoms with Crippen LogP contribution in [-0.4, -0.2) is 26.0 Å². The average molecular weight is 335 g/mol. The van der Waals surface area contributed by atoms with E-state index in [1.54, 1.807) is 23.9 Å². The molecular formula is C13H22N2O2S3. The van der Waals surface area contributed by atoms with Gasteiger partial charge in [0.25, 0.3) is 0 Å². The van der Waals surface area contributed by atoms with Gasteiger partial charge >= 0.3 is 0 Å². The van der Waals surface area contributed by atoms with Gasteiger partial charge in [0.2, 0.25) is 10.0 Å². The highest BCUT2D eigenvalue weighted by Gasteiger charge is 2.32. The maximum absolute atomic E-state index is 12.3. The van der Waals surface area contributed by atoms with E-state index in [9.17, 15) is 8.42 Å². The van der Waals surface area contributed by atoms with Gasteiger partial charge in [0.15, 0.2) is 0 Å². The molecule has 0 amide bonds. The predicted molar refractivity (Wildman–Crippen MR) is 86.7 cm³/mol. The van der Waals surface area contributed by atoms with Gasteiger partial charge in [-0.15, -0.1) is 11.3 Å². The van der Waals surface area contributed by atoms with Gasteiger partial charge in [-0.25, -0.2) is 13.1 Å². The Kier molecular flexibility index (Phi) is 5.53. The van der Waals surface area contributed by atoms with Gasteiger partial charge in [0, 0.05) is 22.7 Å². The first-order valence-electron chi connectivity index (χ1n) is 6.85. The standard InChI is InChI=1S/C13H22N2O2S3/c1-18-13(7-3-2-4-8-13)10-15-20(16,17)12-6-5-11(9-14)19-12/h5-6,15H,2-4,7-10,14H2,1H3. The maximum Gasteiger partial charge on any atom is 0.250 e. The van der Waals surface area contributed by atoms with E-state index in [0.717, 1.165) is 17.7 Å². The monoisotopic (exact) mass is 334 g/mol. The Morgan fingerprint density at radius 2 is 2.05 bits per heavy atom. The van der Waals surface area contributed by atoms with Crippen molar-refractivity contribution in [2.24, 2.45) is 5.73 Å². The number of hydrogen-bond donors (Lipinski definition) is 2. The van der Waals surface area contributed by atoms with E-state index < -0.39 is 10.0 Å². The predicted octanol–water partition coefficient (Wildman–Crippen LogP) is 2.55. The molecule has 1 aromatic heterocycles. The lowest BCUT2D eigenvalue weighted by molar-refractivity contribution is 0.395. The fourth-order valence-electron chi connectivity index (χ4n) is 2.56. The van der Waals surface area contributed by atoms with Crippen LogP contribution >= 0.6 is 23.1 Å². The van der Waals surface area contributed by atoms with Crippen molar-refractivity contribution in [3.05, 3.63) is 17.0 Å². The van der Waals surface area contributed by atoms with Gasteiger partial charge in [-0.1, -0.05) is 19.3 Å². The molecule has 0 saturated heterocycles. The lowest BCUT2D eigenvalue weighted by Gasteiger charge is -2.35. The second-order valence-corrected chi connectivity index (χ2v) is 9.63. The van der Waals surface area contributed by atoms with E-state index >= 15 is 0 Å². The molecule has 7 heteroatoms. The Hall–Kier alpha value is -0.0800. The van der Waals surface area contributed by atoms with Gasteiger partial charge < -0.3 is 5.73 Å². The minimum absolute atomic E-state index is 0.0687. The molecule has 0 unspecified atom stereocenters. The third kappa shape index (κ3) is 3.76. The molecule has 1 aromatic rings. The Bertz CT molecular complexity index is 534. The van der Waals surface area contributed by atoms with Crippen LogP contribution in [-0.2, 0) is 16.6 Å². The highest BCUT2D eigenvalue weighted by Crippen LogP contribution is 2.38. The summed E-state index contributed by atoms with van der Waals surface area (Å²) >= 11 is 3.05. The van der Waals surface area contributed by atoms with Crippen molar-refractivity contribution in [1.29, 1.82) is 0 Å². The molecule has 0 radical (unpaired) electrons. The molecule has 1 saturated carbocycles. The van der Waals surface area contributed by atoms with E-state index in [1.807, 2.05) is 0 Å². The van der Waals surface area contributed by atoms with Crippen LogP contribution in [0.1, 0.15) is 37.0 Å². The van der Waals surface area contributed by atoms with Crippen molar-refractivity contribution < 1.29 is 8.42 Å². The lowest BCUT2D eigenvalue weighted by Crippen LogP contribution is -2.41. The van der Waals surface area contributed by atoms with Crippen molar-refractivity contribution in [2.45, 2.75) is 47.6 Å². The second kappa shape index (κ2) is 6.79. The second-order valence-electron chi connectivity index (χ2n) is 5.20. The zero-order chi connectivity index (χ0) is 14.6. The number of nitrogens with two attached hydrogens (primary N) is 1. The highest BCUT2D eigenvalue weighted by atomic mass is 32.2. The van der Waals surface area contributed by atoms with Crippen LogP contribution in [0.25, 0.3) is 0 Å². The maximum atomic E-state index is 12.3. The topological polar surface area (TPSA) is 72.2 Å². The van der Waals surface area contributed by atoms with E-state index in [-0.39, 0.29) is 4.75 Å². The Morgan fingerprint density at radius 1 is 1.35 bits per heavy atom. The molecule has 0 spiro atoms. The summed E-state index contributed by atoms with van der Waals surface area (Å²) in [6, 6.07) is 3.42. The highest BCUT2D eigenvalue weighted by molar-refractivity contribution is 8.00. The zero-order valence-corrected chi connectivity index (χ0v) is 14.2. The fourth-order valence-corrected chi connectivity index (χ4v) is 5.97. The van der Waals surface area contributed by atoms with Crippen LogP contribution in [0.5, 0.6) is 0 Å². The molecular weight excluding hydrogens is 312 g/mol. The third-order valence-electron chi connectivity index (χ3n) is 3.89. The minimum Gasteiger partial charge on any atom is -0.326 e. The molecule has 20 heavy (non-hydrogen) atoms. The molecule has 0 atom stereocenters. The molecule has 0 aromatic carbocycles. The van der Waals surface area contributed by atoms with E-state index in [0.29, 0.717) is 17.3 Å². The molecule has 1 fully saturated rings. The van der Waals surface area contributed by atoms with Crippen molar-refractivity contribution in [3.63, 3.8) is 0 Å². The van der Waals surface area contributed by atoms with E-state index in [4.69, 9.17) is 5.73 Å². The number of thiophene rings is 1. The Morgan fingerprint density at radius 3 is 2.60 bits per heavy atom. The summed E-state index contributed by atoms with van der Waals surface area (Å²) in [6.07, 6.45) is 7.92. The summed E-state index contributed by atoms with van der Waals surface area (Å²) in [5, 5.41) is 0. The van der Waals surface area contributed by atoms with Gasteiger partial charge in [-0.05, 0) is 31.2 Å². The molecule has 1 aliphatic rings. The van der Waals surface area contributed by atoms with Crippen molar-refractivity contribution >= 4 is 33.1 Å². The third-order valence-corrected chi connectivity index (χ3v) is 8.30. The Balaban J connectivity index is 2.04. The molecule has 114 valence electrons. The molecule has 0 bridgehead atoms. The first-order chi connectivity index (χ1) is 9.51. The summed E-state index contributed by atoms with van der Waals surface area (Å²) in [6.45, 7) is 0.904. The summed E-state index contributed by atoms with van der Waals surface area (Å²) < 4.78 is 27.9. The number of nitrogens with one attached hydrogen (secondary N) is 1. The summed E-state index contributed by atoms with van der Waals surface area (Å²) in [7, 11) is -3.40. The van der Waals surface area contributed by atoms with Crippen LogP contribution in [0.4, 0.5) is 0 Å². The first-order valence-corrected chi connectivity index (χ1v) is 10.4. The average Bonchev–Trinajstić information content (AvgIpc) is 2.96. The van der Waals surface area contributed by atoms with Gasteiger partial charge in [0.1, 0.15) is 4.21 Å². The van der Waals surface area contributed by atoms with E-state index in [1.165, 1.54) is 30.6 Å². The molecule has 1 aliphatic carbocycles. The molecule has 3 N–H and O–H groups in total. The van der Waals surface area contributed by atoms with Crippen molar-refractivity contribution in [1.82, 2.24) is 4.72 Å². The first kappa shape index (κ1) is 16.3. The zero-order valence-electron chi connectivity index (χ0n) is 11.7. The van der Waals surface area contributed by atoms with Gasteiger partial charge in [-0.2, -0.15) is 11.8 Å². The molecule has 4 nitrogen and oxygen atoms in total. The van der Waals surface area contributed by atoms with Gasteiger partial charge in [0.05, 0.1) is 0 Å². The largest absolute Gasteiger partial charge is 0.326 e. The van der Waals surface area contributed by atoms with Crippen LogP contribution in [0.2, 0.25) is 0 Å². The van der Waals surface area contributed by atoms with Crippen LogP contribution in [0.3, 0.4) is 0 Å². The summed E-state index contributed by atoms with van der Waals surface area (Å²) in [5.74, 6) is 0. The number of rotatable bonds is 6. The quantitative estimate of drug-likeness (QED) is 0.838. The van der Waals surface area contributed by atoms with Crippen LogP contribution in [0, 0.1) is 0 Å². The van der Waals surface area contributed by atoms with Crippen molar-refractivity contribution in [3.8, 4) is 0 Å². The van der Waals surface area contributed by atoms with Crippen molar-refractivity contribution in [2.75, 3.05) is 12.8 Å². The fraction of sp³-hybridized carbons (Fsp3) is 0.692. The minimum atomic E-state index is -3.40. The van der Waals surface area contributed by atoms with Crippen LogP contribution in [0.15, 0.2) is 16.3 Å². The van der Waals surface area contributed by atoms with Crippen LogP contribution < -0.4 is 10.5 Å². The normalized spacial score (nSPS) is 19.1. The lowest BCUT2D eigenvalue weighted by atomic mass is 9.88. The molecule has 2 rings (SSSR count). The number of hydrogen-bond acceptors (Lipinski definition) is 5. The number of thioether (sulfide) groups is 1. The smallest absolute Gasteiger partial charge is 0.250 e. The Labute approximate surface area is 129 Å². The SMILES string of the molecule is CSC1(CNS(=O)(=O)c2ccc(CN)s2)CCCCC1. The van der Waals surface area contributed by atoms with E-state index in [2.05, 4.69) is 11.0 Å². The molecule has 0 aliphatic heterocycles. The summed E-state index contributed by atoms with van der Waals surface area (Å²) in [5.41, 5.74) is 5.53. The molecule has 1 heterocycles.